The van der Waals surface area contributed by atoms with Gasteiger partial charge < -0.3 is 19.1 Å². The van der Waals surface area contributed by atoms with Crippen LogP contribution in [0.1, 0.15) is 25.3 Å². The molecular formula is C19H27NO5. The van der Waals surface area contributed by atoms with E-state index in [1.807, 2.05) is 24.3 Å². The Morgan fingerprint density at radius 3 is 2.56 bits per heavy atom. The van der Waals surface area contributed by atoms with Crippen molar-refractivity contribution in [2.45, 2.75) is 32.3 Å². The first-order chi connectivity index (χ1) is 12.0. The highest BCUT2D eigenvalue weighted by Crippen LogP contribution is 2.17. The first-order valence-corrected chi connectivity index (χ1v) is 8.66. The summed E-state index contributed by atoms with van der Waals surface area (Å²) in [5, 5.41) is 0. The molecule has 6 nitrogen and oxygen atoms in total. The SMILES string of the molecule is COC(=O)C(C)CN(CCc1ccc(OC)cc1)C(=O)C1CCCO1. The van der Waals surface area contributed by atoms with Crippen molar-refractivity contribution in [1.29, 1.82) is 0 Å². The molecule has 1 saturated heterocycles. The minimum absolute atomic E-state index is 0.0400. The molecule has 0 radical (unpaired) electrons. The molecule has 0 N–H and O–H groups in total. The van der Waals surface area contributed by atoms with Gasteiger partial charge in [0.05, 0.1) is 20.1 Å². The second-order valence-corrected chi connectivity index (χ2v) is 6.31. The maximum Gasteiger partial charge on any atom is 0.310 e. The Bertz CT molecular complexity index is 566. The van der Waals surface area contributed by atoms with Gasteiger partial charge in [0.2, 0.25) is 0 Å². The van der Waals surface area contributed by atoms with Gasteiger partial charge in [0.25, 0.3) is 5.91 Å². The Kier molecular flexibility index (Phi) is 7.25. The molecule has 0 aromatic heterocycles. The van der Waals surface area contributed by atoms with E-state index in [-0.39, 0.29) is 23.9 Å². The van der Waals surface area contributed by atoms with Crippen LogP contribution in [0.3, 0.4) is 0 Å². The zero-order chi connectivity index (χ0) is 18.2. The predicted molar refractivity (Wildman–Crippen MR) is 93.4 cm³/mol. The number of esters is 1. The number of hydrogen-bond acceptors (Lipinski definition) is 5. The molecule has 1 heterocycles. The van der Waals surface area contributed by atoms with Crippen molar-refractivity contribution >= 4 is 11.9 Å². The molecule has 1 aliphatic heterocycles. The van der Waals surface area contributed by atoms with Gasteiger partial charge in [-0.25, -0.2) is 0 Å². The smallest absolute Gasteiger partial charge is 0.310 e. The first kappa shape index (κ1) is 19.2. The third-order valence-corrected chi connectivity index (χ3v) is 4.44. The van der Waals surface area contributed by atoms with E-state index in [1.165, 1.54) is 7.11 Å². The number of carbonyl (C=O) groups is 2. The van der Waals surface area contributed by atoms with Crippen LogP contribution in [0.2, 0.25) is 0 Å². The lowest BCUT2D eigenvalue weighted by atomic mass is 10.1. The lowest BCUT2D eigenvalue weighted by Crippen LogP contribution is -2.43. The maximum atomic E-state index is 12.7. The summed E-state index contributed by atoms with van der Waals surface area (Å²) in [7, 11) is 2.99. The Labute approximate surface area is 149 Å². The molecule has 2 atom stereocenters. The molecule has 0 spiro atoms. The molecule has 1 fully saturated rings. The van der Waals surface area contributed by atoms with Gasteiger partial charge in [-0.05, 0) is 37.0 Å². The normalized spacial score (nSPS) is 17.8. The van der Waals surface area contributed by atoms with Crippen molar-refractivity contribution in [1.82, 2.24) is 4.90 Å². The van der Waals surface area contributed by atoms with Gasteiger partial charge in [0, 0.05) is 19.7 Å². The summed E-state index contributed by atoms with van der Waals surface area (Å²) in [5.41, 5.74) is 1.11. The highest BCUT2D eigenvalue weighted by Gasteiger charge is 2.30. The van der Waals surface area contributed by atoms with Crippen molar-refractivity contribution in [2.24, 2.45) is 5.92 Å². The Hall–Kier alpha value is -2.08. The van der Waals surface area contributed by atoms with E-state index in [4.69, 9.17) is 14.2 Å². The average Bonchev–Trinajstić information content (AvgIpc) is 3.18. The fraction of sp³-hybridized carbons (Fsp3) is 0.579. The molecule has 138 valence electrons. The van der Waals surface area contributed by atoms with Crippen LogP contribution in [-0.2, 0) is 25.5 Å². The van der Waals surface area contributed by atoms with Crippen LogP contribution in [0.4, 0.5) is 0 Å². The summed E-state index contributed by atoms with van der Waals surface area (Å²) in [6.45, 7) is 3.26. The number of benzene rings is 1. The van der Waals surface area contributed by atoms with Crippen LogP contribution in [0.5, 0.6) is 5.75 Å². The van der Waals surface area contributed by atoms with E-state index in [2.05, 4.69) is 0 Å². The van der Waals surface area contributed by atoms with Gasteiger partial charge in [-0.1, -0.05) is 19.1 Å². The number of nitrogens with zero attached hydrogens (tertiary/aromatic N) is 1. The number of hydrogen-bond donors (Lipinski definition) is 0. The van der Waals surface area contributed by atoms with Gasteiger partial charge in [-0.15, -0.1) is 0 Å². The van der Waals surface area contributed by atoms with Gasteiger partial charge in [0.15, 0.2) is 0 Å². The zero-order valence-corrected chi connectivity index (χ0v) is 15.2. The van der Waals surface area contributed by atoms with E-state index in [0.29, 0.717) is 26.1 Å². The zero-order valence-electron chi connectivity index (χ0n) is 15.2. The van der Waals surface area contributed by atoms with E-state index >= 15 is 0 Å². The summed E-state index contributed by atoms with van der Waals surface area (Å²) < 4.78 is 15.5. The average molecular weight is 349 g/mol. The van der Waals surface area contributed by atoms with Gasteiger partial charge in [-0.3, -0.25) is 9.59 Å². The van der Waals surface area contributed by atoms with Crippen molar-refractivity contribution in [3.63, 3.8) is 0 Å². The quantitative estimate of drug-likeness (QED) is 0.672. The van der Waals surface area contributed by atoms with Crippen LogP contribution in [0.25, 0.3) is 0 Å². The van der Waals surface area contributed by atoms with E-state index in [0.717, 1.165) is 24.2 Å². The number of carbonyl (C=O) groups excluding carboxylic acids is 2. The number of methoxy groups -OCH3 is 2. The molecule has 2 rings (SSSR count). The fourth-order valence-corrected chi connectivity index (χ4v) is 2.93. The molecule has 0 bridgehead atoms. The van der Waals surface area contributed by atoms with Gasteiger partial charge >= 0.3 is 5.97 Å². The second kappa shape index (κ2) is 9.42. The summed E-state index contributed by atoms with van der Waals surface area (Å²) in [4.78, 5) is 26.2. The number of amides is 1. The van der Waals surface area contributed by atoms with Crippen LogP contribution < -0.4 is 4.74 Å². The number of ether oxygens (including phenoxy) is 3. The van der Waals surface area contributed by atoms with Gasteiger partial charge in [0.1, 0.15) is 11.9 Å². The molecule has 25 heavy (non-hydrogen) atoms. The van der Waals surface area contributed by atoms with E-state index < -0.39 is 0 Å². The molecule has 1 aliphatic rings. The second-order valence-electron chi connectivity index (χ2n) is 6.31. The van der Waals surface area contributed by atoms with Crippen LogP contribution >= 0.6 is 0 Å². The molecule has 2 unspecified atom stereocenters. The summed E-state index contributed by atoms with van der Waals surface area (Å²) in [6.07, 6.45) is 1.96. The summed E-state index contributed by atoms with van der Waals surface area (Å²) in [5.74, 6) is 0.0814. The fourth-order valence-electron chi connectivity index (χ4n) is 2.93. The van der Waals surface area contributed by atoms with Crippen molar-refractivity contribution in [3.8, 4) is 5.75 Å². The molecule has 1 aromatic rings. The standard InChI is InChI=1S/C19H27NO5/c1-14(19(22)24-3)13-20(18(21)17-5-4-12-25-17)11-10-15-6-8-16(23-2)9-7-15/h6-9,14,17H,4-5,10-13H2,1-3H3. The van der Waals surface area contributed by atoms with Crippen LogP contribution in [0, 0.1) is 5.92 Å². The molecule has 1 amide bonds. The lowest BCUT2D eigenvalue weighted by molar-refractivity contribution is -0.148. The third kappa shape index (κ3) is 5.46. The molecular weight excluding hydrogens is 322 g/mol. The van der Waals surface area contributed by atoms with Crippen molar-refractivity contribution in [3.05, 3.63) is 29.8 Å². The maximum absolute atomic E-state index is 12.7. The Morgan fingerprint density at radius 2 is 2.00 bits per heavy atom. The number of rotatable bonds is 8. The van der Waals surface area contributed by atoms with Gasteiger partial charge in [-0.2, -0.15) is 0 Å². The van der Waals surface area contributed by atoms with Crippen LogP contribution in [0.15, 0.2) is 24.3 Å². The first-order valence-electron chi connectivity index (χ1n) is 8.66. The van der Waals surface area contributed by atoms with Crippen molar-refractivity contribution < 1.29 is 23.8 Å². The Morgan fingerprint density at radius 1 is 1.28 bits per heavy atom. The third-order valence-electron chi connectivity index (χ3n) is 4.44. The van der Waals surface area contributed by atoms with E-state index in [9.17, 15) is 9.59 Å². The molecule has 6 heteroatoms. The Balaban J connectivity index is 2.01. The topological polar surface area (TPSA) is 65.1 Å². The summed E-state index contributed by atoms with van der Waals surface area (Å²) in [6, 6.07) is 7.77. The minimum Gasteiger partial charge on any atom is -0.497 e. The molecule has 1 aromatic carbocycles. The van der Waals surface area contributed by atoms with E-state index in [1.54, 1.807) is 18.9 Å². The van der Waals surface area contributed by atoms with Crippen LogP contribution in [-0.4, -0.2) is 56.8 Å². The van der Waals surface area contributed by atoms with Crippen molar-refractivity contribution in [2.75, 3.05) is 33.9 Å². The lowest BCUT2D eigenvalue weighted by Gasteiger charge is -2.27. The summed E-state index contributed by atoms with van der Waals surface area (Å²) >= 11 is 0. The monoisotopic (exact) mass is 349 g/mol. The molecule has 0 saturated carbocycles. The molecule has 0 aliphatic carbocycles. The largest absolute Gasteiger partial charge is 0.497 e. The predicted octanol–water partition coefficient (Wildman–Crippen LogP) is 2.05. The minimum atomic E-state index is -0.388. The highest BCUT2D eigenvalue weighted by atomic mass is 16.5. The highest BCUT2D eigenvalue weighted by molar-refractivity contribution is 5.82.